The van der Waals surface area contributed by atoms with Crippen LogP contribution in [0.25, 0.3) is 0 Å². The van der Waals surface area contributed by atoms with E-state index in [4.69, 9.17) is 0 Å². The lowest BCUT2D eigenvalue weighted by molar-refractivity contribution is -0.393. The standard InChI is InChI=1S/C10H13N4O7P/c1-20-22(19,21-2)6-5-11-12-9-4-3-8(13(15)16)7-10(9)14(17)18/h3-5,7,12H,6H2,1-2H3. The Labute approximate surface area is 124 Å². The molecule has 0 unspecified atom stereocenters. The molecule has 0 saturated carbocycles. The molecule has 0 saturated heterocycles. The van der Waals surface area contributed by atoms with E-state index in [1.807, 2.05) is 0 Å². The van der Waals surface area contributed by atoms with Crippen molar-refractivity contribution in [1.29, 1.82) is 0 Å². The van der Waals surface area contributed by atoms with Crippen LogP contribution in [0.3, 0.4) is 0 Å². The van der Waals surface area contributed by atoms with Gasteiger partial charge in [-0.05, 0) is 6.07 Å². The summed E-state index contributed by atoms with van der Waals surface area (Å²) in [6.45, 7) is 0. The molecule has 11 nitrogen and oxygen atoms in total. The number of hydrazone groups is 1. The molecule has 1 aromatic carbocycles. The summed E-state index contributed by atoms with van der Waals surface area (Å²) in [7, 11) is -0.837. The average Bonchev–Trinajstić information content (AvgIpc) is 2.51. The Morgan fingerprint density at radius 1 is 1.27 bits per heavy atom. The molecule has 1 aromatic rings. The average molecular weight is 332 g/mol. The molecule has 0 aliphatic heterocycles. The summed E-state index contributed by atoms with van der Waals surface area (Å²) >= 11 is 0. The second-order valence-electron chi connectivity index (χ2n) is 3.80. The fraction of sp³-hybridized carbons (Fsp3) is 0.300. The summed E-state index contributed by atoms with van der Waals surface area (Å²) in [6, 6.07) is 3.06. The van der Waals surface area contributed by atoms with Crippen LogP contribution in [0.15, 0.2) is 23.3 Å². The van der Waals surface area contributed by atoms with Crippen LogP contribution in [0, 0.1) is 20.2 Å². The van der Waals surface area contributed by atoms with Crippen molar-refractivity contribution < 1.29 is 23.5 Å². The maximum Gasteiger partial charge on any atom is 0.335 e. The van der Waals surface area contributed by atoms with E-state index in [1.165, 1.54) is 20.4 Å². The highest BCUT2D eigenvalue weighted by molar-refractivity contribution is 7.54. The number of nitrogens with zero attached hydrogens (tertiary/aromatic N) is 3. The Kier molecular flexibility index (Phi) is 6.11. The predicted molar refractivity (Wildman–Crippen MR) is 78.4 cm³/mol. The fourth-order valence-corrected chi connectivity index (χ4v) is 2.09. The first-order valence-electron chi connectivity index (χ1n) is 5.74. The monoisotopic (exact) mass is 332 g/mol. The zero-order chi connectivity index (χ0) is 16.8. The van der Waals surface area contributed by atoms with Gasteiger partial charge in [0.25, 0.3) is 5.69 Å². The molecule has 0 atom stereocenters. The van der Waals surface area contributed by atoms with Crippen LogP contribution in [0.1, 0.15) is 0 Å². The number of benzene rings is 1. The zero-order valence-electron chi connectivity index (χ0n) is 11.7. The zero-order valence-corrected chi connectivity index (χ0v) is 12.6. The third-order valence-corrected chi connectivity index (χ3v) is 4.25. The minimum atomic E-state index is -3.27. The molecule has 0 amide bonds. The van der Waals surface area contributed by atoms with Crippen molar-refractivity contribution in [3.05, 3.63) is 38.4 Å². The molecule has 120 valence electrons. The molecule has 22 heavy (non-hydrogen) atoms. The predicted octanol–water partition coefficient (Wildman–Crippen LogP) is 2.39. The third kappa shape index (κ3) is 4.58. The second kappa shape index (κ2) is 7.59. The van der Waals surface area contributed by atoms with Crippen LogP contribution >= 0.6 is 7.60 Å². The molecule has 1 rings (SSSR count). The van der Waals surface area contributed by atoms with Gasteiger partial charge >= 0.3 is 13.3 Å². The van der Waals surface area contributed by atoms with E-state index in [0.29, 0.717) is 0 Å². The molecular weight excluding hydrogens is 319 g/mol. The van der Waals surface area contributed by atoms with E-state index in [1.54, 1.807) is 0 Å². The Morgan fingerprint density at radius 3 is 2.41 bits per heavy atom. The van der Waals surface area contributed by atoms with Gasteiger partial charge < -0.3 is 9.05 Å². The molecule has 0 heterocycles. The fourth-order valence-electron chi connectivity index (χ4n) is 1.36. The number of rotatable bonds is 8. The van der Waals surface area contributed by atoms with Crippen molar-refractivity contribution in [2.75, 3.05) is 25.8 Å². The maximum atomic E-state index is 11.7. The highest BCUT2D eigenvalue weighted by Crippen LogP contribution is 2.45. The van der Waals surface area contributed by atoms with Gasteiger partial charge in [0.05, 0.1) is 22.1 Å². The van der Waals surface area contributed by atoms with Crippen LogP contribution in [0.4, 0.5) is 17.1 Å². The van der Waals surface area contributed by atoms with Gasteiger partial charge in [0.15, 0.2) is 0 Å². The minimum Gasteiger partial charge on any atom is -0.312 e. The maximum absolute atomic E-state index is 11.7. The van der Waals surface area contributed by atoms with Crippen LogP contribution in [-0.4, -0.2) is 36.4 Å². The van der Waals surface area contributed by atoms with Crippen molar-refractivity contribution >= 4 is 30.9 Å². The first-order valence-corrected chi connectivity index (χ1v) is 7.46. The molecule has 0 aromatic heterocycles. The number of nitrogens with one attached hydrogen (secondary N) is 1. The smallest absolute Gasteiger partial charge is 0.312 e. The SMILES string of the molecule is COP(=O)(CC=NNc1ccc([N+](=O)[O-])cc1[N+](=O)[O-])OC. The largest absolute Gasteiger partial charge is 0.335 e. The van der Waals surface area contributed by atoms with Crippen molar-refractivity contribution in [2.45, 2.75) is 0 Å². The van der Waals surface area contributed by atoms with E-state index in [9.17, 15) is 24.8 Å². The molecule has 0 spiro atoms. The normalized spacial score (nSPS) is 11.5. The van der Waals surface area contributed by atoms with E-state index >= 15 is 0 Å². The van der Waals surface area contributed by atoms with Crippen molar-refractivity contribution in [1.82, 2.24) is 0 Å². The van der Waals surface area contributed by atoms with Crippen molar-refractivity contribution in [3.63, 3.8) is 0 Å². The van der Waals surface area contributed by atoms with E-state index in [-0.39, 0.29) is 11.8 Å². The van der Waals surface area contributed by atoms with Crippen LogP contribution in [0.2, 0.25) is 0 Å². The highest BCUT2D eigenvalue weighted by atomic mass is 31.2. The van der Waals surface area contributed by atoms with E-state index in [0.717, 1.165) is 18.2 Å². The van der Waals surface area contributed by atoms with Gasteiger partial charge in [-0.15, -0.1) is 0 Å². The quantitative estimate of drug-likeness (QED) is 0.330. The van der Waals surface area contributed by atoms with Gasteiger partial charge in [-0.2, -0.15) is 5.10 Å². The van der Waals surface area contributed by atoms with Crippen LogP contribution < -0.4 is 5.43 Å². The molecule has 1 N–H and O–H groups in total. The molecule has 0 bridgehead atoms. The summed E-state index contributed by atoms with van der Waals surface area (Å²) in [5.74, 6) is 0. The summed E-state index contributed by atoms with van der Waals surface area (Å²) in [6.07, 6.45) is 1.02. The lowest BCUT2D eigenvalue weighted by Crippen LogP contribution is -2.00. The van der Waals surface area contributed by atoms with Crippen LogP contribution in [0.5, 0.6) is 0 Å². The molecule has 0 aliphatic rings. The Morgan fingerprint density at radius 2 is 1.91 bits per heavy atom. The third-order valence-electron chi connectivity index (χ3n) is 2.53. The molecule has 12 heteroatoms. The number of nitro benzene ring substituents is 2. The van der Waals surface area contributed by atoms with Crippen molar-refractivity contribution in [3.8, 4) is 0 Å². The first-order chi connectivity index (χ1) is 10.3. The summed E-state index contributed by atoms with van der Waals surface area (Å²) < 4.78 is 21.1. The Bertz CT molecular complexity index is 640. The number of hydrogen-bond acceptors (Lipinski definition) is 9. The van der Waals surface area contributed by atoms with Crippen molar-refractivity contribution in [2.24, 2.45) is 5.10 Å². The van der Waals surface area contributed by atoms with Gasteiger partial charge in [-0.25, -0.2) is 0 Å². The summed E-state index contributed by atoms with van der Waals surface area (Å²) in [5.41, 5.74) is 1.39. The van der Waals surface area contributed by atoms with E-state index < -0.39 is 28.8 Å². The lowest BCUT2D eigenvalue weighted by atomic mass is 10.2. The second-order valence-corrected chi connectivity index (χ2v) is 6.12. The van der Waals surface area contributed by atoms with Gasteiger partial charge in [0.1, 0.15) is 5.69 Å². The van der Waals surface area contributed by atoms with Gasteiger partial charge in [0, 0.05) is 26.5 Å². The van der Waals surface area contributed by atoms with Gasteiger partial charge in [-0.3, -0.25) is 30.2 Å². The van der Waals surface area contributed by atoms with Crippen LogP contribution in [-0.2, 0) is 13.6 Å². The van der Waals surface area contributed by atoms with Gasteiger partial charge in [0.2, 0.25) is 0 Å². The molecular formula is C10H13N4O7P. The van der Waals surface area contributed by atoms with E-state index in [2.05, 4.69) is 19.6 Å². The number of nitro groups is 2. The lowest BCUT2D eigenvalue weighted by Gasteiger charge is -2.10. The Hall–Kier alpha value is -2.36. The molecule has 0 fully saturated rings. The first kappa shape index (κ1) is 17.7. The van der Waals surface area contributed by atoms with Gasteiger partial charge in [-0.1, -0.05) is 0 Å². The number of hydrogen-bond donors (Lipinski definition) is 1. The number of non-ortho nitro benzene ring substituents is 1. The molecule has 0 aliphatic carbocycles. The molecule has 0 radical (unpaired) electrons. The number of anilines is 1. The Balaban J connectivity index is 2.88. The summed E-state index contributed by atoms with van der Waals surface area (Å²) in [5, 5.41) is 25.1. The highest BCUT2D eigenvalue weighted by Gasteiger charge is 2.20. The summed E-state index contributed by atoms with van der Waals surface area (Å²) in [4.78, 5) is 20.0. The topological polar surface area (TPSA) is 146 Å². The minimum absolute atomic E-state index is 0.0449.